The number of nitriles is 1. The van der Waals surface area contributed by atoms with Crippen LogP contribution in [-0.2, 0) is 4.79 Å². The standard InChI is InChI=1S/C6H8N2O3S/c7-4-12-6(11)8-3-1-2-5(9)10/h1-3H2,(H,8,11)(H,9,10). The maximum Gasteiger partial charge on any atom is 0.303 e. The molecule has 0 aromatic carbocycles. The van der Waals surface area contributed by atoms with E-state index in [0.717, 1.165) is 0 Å². The van der Waals surface area contributed by atoms with Crippen molar-refractivity contribution in [2.75, 3.05) is 6.54 Å². The van der Waals surface area contributed by atoms with Crippen LogP contribution in [0.4, 0.5) is 4.79 Å². The van der Waals surface area contributed by atoms with Crippen molar-refractivity contribution in [2.45, 2.75) is 12.8 Å². The molecule has 0 atom stereocenters. The summed E-state index contributed by atoms with van der Waals surface area (Å²) in [7, 11) is 0. The van der Waals surface area contributed by atoms with Gasteiger partial charge in [0.25, 0.3) is 5.24 Å². The van der Waals surface area contributed by atoms with Crippen molar-refractivity contribution in [3.63, 3.8) is 0 Å². The molecule has 0 fully saturated rings. The highest BCUT2D eigenvalue weighted by Crippen LogP contribution is 1.96. The Morgan fingerprint density at radius 2 is 2.25 bits per heavy atom. The van der Waals surface area contributed by atoms with Gasteiger partial charge in [0.1, 0.15) is 5.40 Å². The minimum Gasteiger partial charge on any atom is -0.481 e. The summed E-state index contributed by atoms with van der Waals surface area (Å²) < 4.78 is 0. The van der Waals surface area contributed by atoms with E-state index in [9.17, 15) is 9.59 Å². The number of carbonyl (C=O) groups excluding carboxylic acids is 1. The Balaban J connectivity index is 3.27. The third kappa shape index (κ3) is 6.89. The lowest BCUT2D eigenvalue weighted by atomic mass is 10.3. The van der Waals surface area contributed by atoms with Gasteiger partial charge in [-0.1, -0.05) is 0 Å². The molecule has 0 unspecified atom stereocenters. The van der Waals surface area contributed by atoms with Crippen molar-refractivity contribution in [1.29, 1.82) is 5.26 Å². The van der Waals surface area contributed by atoms with Crippen LogP contribution in [0.2, 0.25) is 0 Å². The molecule has 0 rings (SSSR count). The van der Waals surface area contributed by atoms with Crippen molar-refractivity contribution in [2.24, 2.45) is 0 Å². The number of carboxylic acids is 1. The third-order valence-corrected chi connectivity index (χ3v) is 1.40. The molecule has 2 N–H and O–H groups in total. The molecule has 0 radical (unpaired) electrons. The zero-order valence-corrected chi connectivity index (χ0v) is 7.06. The summed E-state index contributed by atoms with van der Waals surface area (Å²) in [6.45, 7) is 0.291. The fraction of sp³-hybridized carbons (Fsp3) is 0.500. The maximum atomic E-state index is 10.6. The second-order valence-corrected chi connectivity index (χ2v) is 2.66. The van der Waals surface area contributed by atoms with Gasteiger partial charge in [0.05, 0.1) is 11.8 Å². The minimum atomic E-state index is -0.891. The second-order valence-electron chi connectivity index (χ2n) is 1.90. The lowest BCUT2D eigenvalue weighted by Gasteiger charge is -1.98. The monoisotopic (exact) mass is 188 g/mol. The predicted octanol–water partition coefficient (Wildman–Crippen LogP) is 0.775. The molecule has 0 saturated heterocycles. The van der Waals surface area contributed by atoms with E-state index < -0.39 is 11.2 Å². The van der Waals surface area contributed by atoms with Crippen LogP contribution < -0.4 is 5.32 Å². The first-order chi connectivity index (χ1) is 5.66. The zero-order chi connectivity index (χ0) is 9.40. The van der Waals surface area contributed by atoms with E-state index in [4.69, 9.17) is 10.4 Å². The molecule has 0 aromatic heterocycles. The van der Waals surface area contributed by atoms with E-state index in [1.165, 1.54) is 0 Å². The lowest BCUT2D eigenvalue weighted by Crippen LogP contribution is -2.19. The van der Waals surface area contributed by atoms with Gasteiger partial charge in [-0.05, 0) is 6.42 Å². The molecule has 0 aliphatic carbocycles. The third-order valence-electron chi connectivity index (χ3n) is 0.975. The van der Waals surface area contributed by atoms with Gasteiger partial charge in [-0.25, -0.2) is 0 Å². The molecular weight excluding hydrogens is 180 g/mol. The second kappa shape index (κ2) is 6.49. The number of thioether (sulfide) groups is 1. The summed E-state index contributed by atoms with van der Waals surface area (Å²) >= 11 is 0.498. The summed E-state index contributed by atoms with van der Waals surface area (Å²) in [4.78, 5) is 20.6. The number of amides is 1. The van der Waals surface area contributed by atoms with Crippen molar-refractivity contribution >= 4 is 23.0 Å². The minimum absolute atomic E-state index is 0.0253. The van der Waals surface area contributed by atoms with Gasteiger partial charge in [-0.15, -0.1) is 0 Å². The van der Waals surface area contributed by atoms with E-state index in [-0.39, 0.29) is 6.42 Å². The molecule has 66 valence electrons. The number of nitrogens with one attached hydrogen (secondary N) is 1. The average Bonchev–Trinajstić information content (AvgIpc) is 1.98. The van der Waals surface area contributed by atoms with Crippen LogP contribution in [0.3, 0.4) is 0 Å². The number of carbonyl (C=O) groups is 2. The van der Waals surface area contributed by atoms with E-state index in [1.54, 1.807) is 5.40 Å². The number of carboxylic acid groups (broad SMARTS) is 1. The highest BCUT2D eigenvalue weighted by Gasteiger charge is 2.00. The Morgan fingerprint density at radius 3 is 2.75 bits per heavy atom. The molecule has 0 aromatic rings. The molecular formula is C6H8N2O3S. The van der Waals surface area contributed by atoms with Crippen molar-refractivity contribution in [1.82, 2.24) is 5.32 Å². The summed E-state index contributed by atoms with van der Waals surface area (Å²) in [5.74, 6) is -0.891. The maximum absolute atomic E-state index is 10.6. The van der Waals surface area contributed by atoms with Crippen LogP contribution in [0.15, 0.2) is 0 Å². The first-order valence-electron chi connectivity index (χ1n) is 3.22. The van der Waals surface area contributed by atoms with Gasteiger partial charge in [0, 0.05) is 13.0 Å². The normalized spacial score (nSPS) is 8.58. The first kappa shape index (κ1) is 10.8. The van der Waals surface area contributed by atoms with Gasteiger partial charge in [0.15, 0.2) is 0 Å². The highest BCUT2D eigenvalue weighted by atomic mass is 32.2. The van der Waals surface area contributed by atoms with E-state index in [2.05, 4.69) is 5.32 Å². The zero-order valence-electron chi connectivity index (χ0n) is 6.24. The molecule has 0 heterocycles. The summed E-state index contributed by atoms with van der Waals surface area (Å²) in [6, 6.07) is 0. The fourth-order valence-electron chi connectivity index (χ4n) is 0.508. The number of hydrogen-bond acceptors (Lipinski definition) is 4. The van der Waals surface area contributed by atoms with Crippen molar-refractivity contribution < 1.29 is 14.7 Å². The van der Waals surface area contributed by atoms with Gasteiger partial charge in [0.2, 0.25) is 0 Å². The molecule has 0 bridgehead atoms. The summed E-state index contributed by atoms with van der Waals surface area (Å²) in [5.41, 5.74) is 0. The van der Waals surface area contributed by atoms with Crippen molar-refractivity contribution in [3.05, 3.63) is 0 Å². The molecule has 5 nitrogen and oxygen atoms in total. The Kier molecular flexibility index (Phi) is 5.83. The van der Waals surface area contributed by atoms with Crippen LogP contribution in [0.1, 0.15) is 12.8 Å². The van der Waals surface area contributed by atoms with E-state index >= 15 is 0 Å². The SMILES string of the molecule is N#CSC(=O)NCCCC(=O)O. The fourth-order valence-corrected chi connectivity index (χ4v) is 0.765. The molecule has 0 aliphatic heterocycles. The average molecular weight is 188 g/mol. The highest BCUT2D eigenvalue weighted by molar-refractivity contribution is 8.17. The van der Waals surface area contributed by atoms with Crippen LogP contribution in [-0.4, -0.2) is 22.9 Å². The topological polar surface area (TPSA) is 90.2 Å². The van der Waals surface area contributed by atoms with Crippen molar-refractivity contribution in [3.8, 4) is 5.40 Å². The van der Waals surface area contributed by atoms with Crippen LogP contribution in [0, 0.1) is 10.7 Å². The largest absolute Gasteiger partial charge is 0.481 e. The van der Waals surface area contributed by atoms with Gasteiger partial charge >= 0.3 is 5.97 Å². The van der Waals surface area contributed by atoms with Gasteiger partial charge in [-0.2, -0.15) is 5.26 Å². The Bertz CT molecular complexity index is 211. The van der Waals surface area contributed by atoms with Gasteiger partial charge in [-0.3, -0.25) is 9.59 Å². The number of thiocyanates is 1. The number of aliphatic carboxylic acids is 1. The smallest absolute Gasteiger partial charge is 0.303 e. The Labute approximate surface area is 73.7 Å². The summed E-state index contributed by atoms with van der Waals surface area (Å²) in [5, 5.41) is 19.8. The Hall–Kier alpha value is -1.22. The first-order valence-corrected chi connectivity index (χ1v) is 4.04. The molecule has 0 aliphatic rings. The van der Waals surface area contributed by atoms with Crippen LogP contribution >= 0.6 is 11.8 Å². The molecule has 0 spiro atoms. The molecule has 1 amide bonds. The van der Waals surface area contributed by atoms with Crippen LogP contribution in [0.5, 0.6) is 0 Å². The van der Waals surface area contributed by atoms with Crippen LogP contribution in [0.25, 0.3) is 0 Å². The van der Waals surface area contributed by atoms with Gasteiger partial charge < -0.3 is 10.4 Å². The molecule has 6 heteroatoms. The lowest BCUT2D eigenvalue weighted by molar-refractivity contribution is -0.137. The summed E-state index contributed by atoms with van der Waals surface area (Å²) in [6.07, 6.45) is 0.407. The van der Waals surface area contributed by atoms with E-state index in [1.807, 2.05) is 0 Å². The predicted molar refractivity (Wildman–Crippen MR) is 43.5 cm³/mol. The molecule has 12 heavy (non-hydrogen) atoms. The number of nitrogens with zero attached hydrogens (tertiary/aromatic N) is 1. The Morgan fingerprint density at radius 1 is 1.58 bits per heavy atom. The number of rotatable bonds is 4. The molecule has 0 saturated carbocycles. The number of hydrogen-bond donors (Lipinski definition) is 2. The quantitative estimate of drug-likeness (QED) is 0.502. The van der Waals surface area contributed by atoms with E-state index in [0.29, 0.717) is 24.7 Å².